The predicted molar refractivity (Wildman–Crippen MR) is 61.7 cm³/mol. The van der Waals surface area contributed by atoms with Crippen LogP contribution >= 0.6 is 11.8 Å². The standard InChI is InChI=1S/C11H21NOS/c13-11-4-2-1-3-10(11)12-9-5-7-14-8-6-9/h9-13H,1-8H2/t10-,11+/m0/s1. The molecule has 2 N–H and O–H groups in total. The maximum absolute atomic E-state index is 9.83. The normalized spacial score (nSPS) is 35.8. The second-order valence-corrected chi connectivity index (χ2v) is 5.74. The van der Waals surface area contributed by atoms with Gasteiger partial charge in [0.1, 0.15) is 0 Å². The van der Waals surface area contributed by atoms with Crippen LogP contribution in [0.2, 0.25) is 0 Å². The first-order valence-electron chi connectivity index (χ1n) is 5.88. The molecule has 14 heavy (non-hydrogen) atoms. The summed E-state index contributed by atoms with van der Waals surface area (Å²) in [7, 11) is 0. The summed E-state index contributed by atoms with van der Waals surface area (Å²) in [5.74, 6) is 2.58. The Bertz CT molecular complexity index is 171. The zero-order chi connectivity index (χ0) is 9.80. The summed E-state index contributed by atoms with van der Waals surface area (Å²) in [6.07, 6.45) is 7.15. The van der Waals surface area contributed by atoms with Gasteiger partial charge in [-0.15, -0.1) is 0 Å². The van der Waals surface area contributed by atoms with Gasteiger partial charge in [-0.2, -0.15) is 11.8 Å². The number of nitrogens with one attached hydrogen (secondary N) is 1. The van der Waals surface area contributed by atoms with Crippen LogP contribution in [-0.2, 0) is 0 Å². The molecule has 1 aliphatic carbocycles. The SMILES string of the molecule is O[C@@H]1CCCC[C@@H]1NC1CCSCC1. The molecule has 0 unspecified atom stereocenters. The molecule has 0 radical (unpaired) electrons. The van der Waals surface area contributed by atoms with E-state index < -0.39 is 0 Å². The van der Waals surface area contributed by atoms with Crippen LogP contribution in [0.25, 0.3) is 0 Å². The molecular formula is C11H21NOS. The molecule has 82 valence electrons. The molecule has 2 atom stereocenters. The lowest BCUT2D eigenvalue weighted by atomic mass is 9.91. The second-order valence-electron chi connectivity index (χ2n) is 4.51. The number of aliphatic hydroxyl groups is 1. The fourth-order valence-corrected chi connectivity index (χ4v) is 3.58. The first-order chi connectivity index (χ1) is 6.86. The van der Waals surface area contributed by atoms with Gasteiger partial charge in [0.25, 0.3) is 0 Å². The molecule has 0 aromatic carbocycles. The molecule has 2 nitrogen and oxygen atoms in total. The lowest BCUT2D eigenvalue weighted by Crippen LogP contribution is -2.48. The summed E-state index contributed by atoms with van der Waals surface area (Å²) < 4.78 is 0. The minimum absolute atomic E-state index is 0.0849. The number of rotatable bonds is 2. The van der Waals surface area contributed by atoms with Crippen LogP contribution in [0.1, 0.15) is 38.5 Å². The molecule has 1 aliphatic heterocycles. The zero-order valence-corrected chi connectivity index (χ0v) is 9.56. The van der Waals surface area contributed by atoms with Crippen LogP contribution in [0.3, 0.4) is 0 Å². The van der Waals surface area contributed by atoms with Crippen molar-refractivity contribution in [1.82, 2.24) is 5.32 Å². The average molecular weight is 215 g/mol. The van der Waals surface area contributed by atoms with Gasteiger partial charge >= 0.3 is 0 Å². The van der Waals surface area contributed by atoms with E-state index in [9.17, 15) is 5.11 Å². The van der Waals surface area contributed by atoms with E-state index in [1.807, 2.05) is 0 Å². The van der Waals surface area contributed by atoms with E-state index in [4.69, 9.17) is 0 Å². The van der Waals surface area contributed by atoms with Crippen molar-refractivity contribution in [3.8, 4) is 0 Å². The molecule has 2 aliphatic rings. The molecule has 1 heterocycles. The van der Waals surface area contributed by atoms with Gasteiger partial charge in [0.2, 0.25) is 0 Å². The van der Waals surface area contributed by atoms with E-state index in [2.05, 4.69) is 17.1 Å². The maximum atomic E-state index is 9.83. The molecule has 0 aromatic rings. The van der Waals surface area contributed by atoms with Crippen LogP contribution in [0, 0.1) is 0 Å². The van der Waals surface area contributed by atoms with Crippen molar-refractivity contribution in [2.45, 2.75) is 56.7 Å². The van der Waals surface area contributed by atoms with Crippen molar-refractivity contribution in [1.29, 1.82) is 0 Å². The van der Waals surface area contributed by atoms with Crippen molar-refractivity contribution in [3.63, 3.8) is 0 Å². The average Bonchev–Trinajstić information content (AvgIpc) is 2.23. The first kappa shape index (κ1) is 10.8. The highest BCUT2D eigenvalue weighted by Crippen LogP contribution is 2.22. The fraction of sp³-hybridized carbons (Fsp3) is 1.00. The smallest absolute Gasteiger partial charge is 0.0693 e. The highest BCUT2D eigenvalue weighted by atomic mass is 32.2. The Morgan fingerprint density at radius 1 is 1.00 bits per heavy atom. The third-order valence-corrected chi connectivity index (χ3v) is 4.45. The summed E-state index contributed by atoms with van der Waals surface area (Å²) in [5.41, 5.74) is 0. The number of thioether (sulfide) groups is 1. The molecule has 0 spiro atoms. The van der Waals surface area contributed by atoms with E-state index in [0.717, 1.165) is 6.42 Å². The topological polar surface area (TPSA) is 32.3 Å². The molecular weight excluding hydrogens is 194 g/mol. The summed E-state index contributed by atoms with van der Waals surface area (Å²) >= 11 is 2.06. The van der Waals surface area contributed by atoms with Gasteiger partial charge in [-0.3, -0.25) is 0 Å². The highest BCUT2D eigenvalue weighted by Gasteiger charge is 2.25. The fourth-order valence-electron chi connectivity index (χ4n) is 2.47. The van der Waals surface area contributed by atoms with E-state index in [1.54, 1.807) is 0 Å². The lowest BCUT2D eigenvalue weighted by molar-refractivity contribution is 0.0841. The Morgan fingerprint density at radius 3 is 2.43 bits per heavy atom. The Kier molecular flexibility index (Phi) is 4.14. The van der Waals surface area contributed by atoms with Crippen molar-refractivity contribution in [2.24, 2.45) is 0 Å². The van der Waals surface area contributed by atoms with Crippen LogP contribution in [0.4, 0.5) is 0 Å². The van der Waals surface area contributed by atoms with E-state index in [-0.39, 0.29) is 6.10 Å². The van der Waals surface area contributed by atoms with Gasteiger partial charge in [-0.1, -0.05) is 12.8 Å². The van der Waals surface area contributed by atoms with Gasteiger partial charge in [-0.25, -0.2) is 0 Å². The monoisotopic (exact) mass is 215 g/mol. The van der Waals surface area contributed by atoms with Crippen LogP contribution < -0.4 is 5.32 Å². The third-order valence-electron chi connectivity index (χ3n) is 3.40. The minimum Gasteiger partial charge on any atom is -0.392 e. The first-order valence-corrected chi connectivity index (χ1v) is 7.03. The summed E-state index contributed by atoms with van der Waals surface area (Å²) in [6.45, 7) is 0. The summed E-state index contributed by atoms with van der Waals surface area (Å²) in [6, 6.07) is 1.06. The largest absolute Gasteiger partial charge is 0.392 e. The molecule has 0 aromatic heterocycles. The Hall–Kier alpha value is 0.270. The molecule has 1 saturated heterocycles. The van der Waals surface area contributed by atoms with Gasteiger partial charge in [0.15, 0.2) is 0 Å². The van der Waals surface area contributed by atoms with Crippen molar-refractivity contribution in [3.05, 3.63) is 0 Å². The Morgan fingerprint density at radius 2 is 1.71 bits per heavy atom. The van der Waals surface area contributed by atoms with Gasteiger partial charge in [0.05, 0.1) is 6.10 Å². The van der Waals surface area contributed by atoms with E-state index in [1.165, 1.54) is 43.6 Å². The Balaban J connectivity index is 1.76. The molecule has 0 bridgehead atoms. The molecule has 1 saturated carbocycles. The van der Waals surface area contributed by atoms with Crippen LogP contribution in [-0.4, -0.2) is 34.8 Å². The van der Waals surface area contributed by atoms with E-state index >= 15 is 0 Å². The molecule has 3 heteroatoms. The minimum atomic E-state index is -0.0849. The zero-order valence-electron chi connectivity index (χ0n) is 8.74. The van der Waals surface area contributed by atoms with Crippen LogP contribution in [0.5, 0.6) is 0 Å². The lowest BCUT2D eigenvalue weighted by Gasteiger charge is -2.33. The van der Waals surface area contributed by atoms with Crippen LogP contribution in [0.15, 0.2) is 0 Å². The van der Waals surface area contributed by atoms with E-state index in [0.29, 0.717) is 12.1 Å². The summed E-state index contributed by atoms with van der Waals surface area (Å²) in [5, 5.41) is 13.5. The van der Waals surface area contributed by atoms with Crippen molar-refractivity contribution >= 4 is 11.8 Å². The number of hydrogen-bond donors (Lipinski definition) is 2. The number of aliphatic hydroxyl groups excluding tert-OH is 1. The maximum Gasteiger partial charge on any atom is 0.0693 e. The third kappa shape index (κ3) is 2.88. The predicted octanol–water partition coefficient (Wildman–Crippen LogP) is 1.78. The van der Waals surface area contributed by atoms with Crippen molar-refractivity contribution in [2.75, 3.05) is 11.5 Å². The van der Waals surface area contributed by atoms with Gasteiger partial charge in [-0.05, 0) is 37.2 Å². The van der Waals surface area contributed by atoms with Crippen molar-refractivity contribution < 1.29 is 5.11 Å². The summed E-state index contributed by atoms with van der Waals surface area (Å²) in [4.78, 5) is 0. The van der Waals surface area contributed by atoms with Gasteiger partial charge in [0, 0.05) is 12.1 Å². The second kappa shape index (κ2) is 5.38. The highest BCUT2D eigenvalue weighted by molar-refractivity contribution is 7.99. The van der Waals surface area contributed by atoms with Gasteiger partial charge < -0.3 is 10.4 Å². The molecule has 0 amide bonds. The quantitative estimate of drug-likeness (QED) is 0.736. The molecule has 2 fully saturated rings. The number of hydrogen-bond acceptors (Lipinski definition) is 3. The Labute approximate surface area is 90.8 Å². The molecule has 2 rings (SSSR count).